The first-order chi connectivity index (χ1) is 7.85. The summed E-state index contributed by atoms with van der Waals surface area (Å²) in [4.78, 5) is 14.2. The van der Waals surface area contributed by atoms with E-state index in [9.17, 15) is 4.79 Å². The van der Waals surface area contributed by atoms with Gasteiger partial charge in [-0.3, -0.25) is 9.69 Å². The molecule has 1 saturated carbocycles. The molecule has 4 heteroatoms. The summed E-state index contributed by atoms with van der Waals surface area (Å²) in [5.74, 6) is 0.0536. The van der Waals surface area contributed by atoms with Gasteiger partial charge in [0.2, 0.25) is 5.91 Å². The minimum absolute atomic E-state index is 0.0536. The van der Waals surface area contributed by atoms with Crippen molar-refractivity contribution < 1.29 is 9.90 Å². The zero-order chi connectivity index (χ0) is 13.1. The number of nitrogens with one attached hydrogen (secondary N) is 1. The molecule has 0 saturated heterocycles. The third-order valence-electron chi connectivity index (χ3n) is 3.28. The van der Waals surface area contributed by atoms with E-state index >= 15 is 0 Å². The number of hydrogen-bond acceptors (Lipinski definition) is 3. The van der Waals surface area contributed by atoms with Gasteiger partial charge >= 0.3 is 0 Å². The molecule has 1 amide bonds. The Hall–Kier alpha value is -0.610. The summed E-state index contributed by atoms with van der Waals surface area (Å²) < 4.78 is 0. The van der Waals surface area contributed by atoms with Crippen LogP contribution in [0.25, 0.3) is 0 Å². The molecule has 4 nitrogen and oxygen atoms in total. The highest BCUT2D eigenvalue weighted by Gasteiger charge is 2.32. The molecule has 0 aromatic rings. The lowest BCUT2D eigenvalue weighted by Gasteiger charge is -2.41. The van der Waals surface area contributed by atoms with E-state index in [1.165, 1.54) is 6.42 Å². The Morgan fingerprint density at radius 2 is 2.06 bits per heavy atom. The van der Waals surface area contributed by atoms with Gasteiger partial charge in [-0.1, -0.05) is 6.42 Å². The molecule has 1 aliphatic carbocycles. The number of nitrogens with zero attached hydrogens (tertiary/aromatic N) is 1. The standard InChI is InChI=1S/C13H26N2O2/c1-10(12(17)14-13(2,3)4)15(8-9-16)11-6-5-7-11/h10-11,16H,5-9H2,1-4H3,(H,14,17). The van der Waals surface area contributed by atoms with Crippen molar-refractivity contribution in [1.29, 1.82) is 0 Å². The topological polar surface area (TPSA) is 52.6 Å². The quantitative estimate of drug-likeness (QED) is 0.760. The molecule has 0 aliphatic heterocycles. The first-order valence-electron chi connectivity index (χ1n) is 6.54. The number of carbonyl (C=O) groups excluding carboxylic acids is 1. The molecule has 0 radical (unpaired) electrons. The molecular weight excluding hydrogens is 216 g/mol. The van der Waals surface area contributed by atoms with Crippen LogP contribution in [-0.2, 0) is 4.79 Å². The predicted molar refractivity (Wildman–Crippen MR) is 68.8 cm³/mol. The molecule has 0 heterocycles. The summed E-state index contributed by atoms with van der Waals surface area (Å²) in [5.41, 5.74) is -0.199. The maximum Gasteiger partial charge on any atom is 0.237 e. The summed E-state index contributed by atoms with van der Waals surface area (Å²) in [6.45, 7) is 8.58. The van der Waals surface area contributed by atoms with Gasteiger partial charge in [0, 0.05) is 18.1 Å². The van der Waals surface area contributed by atoms with E-state index in [1.807, 2.05) is 27.7 Å². The number of aliphatic hydroxyl groups is 1. The number of hydrogen-bond donors (Lipinski definition) is 2. The molecular formula is C13H26N2O2. The number of rotatable bonds is 5. The summed E-state index contributed by atoms with van der Waals surface area (Å²) >= 11 is 0. The first kappa shape index (κ1) is 14.5. The highest BCUT2D eigenvalue weighted by atomic mass is 16.3. The summed E-state index contributed by atoms with van der Waals surface area (Å²) in [5, 5.41) is 12.1. The van der Waals surface area contributed by atoms with E-state index in [4.69, 9.17) is 5.11 Å². The van der Waals surface area contributed by atoms with Crippen LogP contribution < -0.4 is 5.32 Å². The largest absolute Gasteiger partial charge is 0.395 e. The second-order valence-electron chi connectivity index (χ2n) is 5.96. The van der Waals surface area contributed by atoms with E-state index in [0.717, 1.165) is 12.8 Å². The van der Waals surface area contributed by atoms with Gasteiger partial charge in [-0.05, 0) is 40.5 Å². The van der Waals surface area contributed by atoms with E-state index in [2.05, 4.69) is 10.2 Å². The van der Waals surface area contributed by atoms with E-state index in [0.29, 0.717) is 12.6 Å². The number of amides is 1. The van der Waals surface area contributed by atoms with Crippen LogP contribution in [-0.4, -0.2) is 46.7 Å². The molecule has 1 fully saturated rings. The van der Waals surface area contributed by atoms with Crippen LogP contribution >= 0.6 is 0 Å². The monoisotopic (exact) mass is 242 g/mol. The summed E-state index contributed by atoms with van der Waals surface area (Å²) in [6, 6.07) is 0.314. The zero-order valence-corrected chi connectivity index (χ0v) is 11.5. The Morgan fingerprint density at radius 3 is 2.41 bits per heavy atom. The van der Waals surface area contributed by atoms with Crippen LogP contribution in [0.15, 0.2) is 0 Å². The highest BCUT2D eigenvalue weighted by Crippen LogP contribution is 2.26. The van der Waals surface area contributed by atoms with Gasteiger partial charge in [0.05, 0.1) is 12.6 Å². The summed E-state index contributed by atoms with van der Waals surface area (Å²) in [7, 11) is 0. The minimum Gasteiger partial charge on any atom is -0.395 e. The van der Waals surface area contributed by atoms with Crippen LogP contribution in [0.1, 0.15) is 47.0 Å². The normalized spacial score (nSPS) is 18.9. The molecule has 1 unspecified atom stereocenters. The van der Waals surface area contributed by atoms with Crippen molar-refractivity contribution in [3.8, 4) is 0 Å². The molecule has 17 heavy (non-hydrogen) atoms. The molecule has 1 aliphatic rings. The second-order valence-corrected chi connectivity index (χ2v) is 5.96. The van der Waals surface area contributed by atoms with E-state index in [-0.39, 0.29) is 24.1 Å². The number of aliphatic hydroxyl groups excluding tert-OH is 1. The van der Waals surface area contributed by atoms with Crippen molar-refractivity contribution in [3.05, 3.63) is 0 Å². The van der Waals surface area contributed by atoms with E-state index in [1.54, 1.807) is 0 Å². The van der Waals surface area contributed by atoms with Gasteiger partial charge in [-0.25, -0.2) is 0 Å². The molecule has 1 atom stereocenters. The van der Waals surface area contributed by atoms with Gasteiger partial charge in [0.1, 0.15) is 0 Å². The Morgan fingerprint density at radius 1 is 1.47 bits per heavy atom. The molecule has 100 valence electrons. The number of carbonyl (C=O) groups is 1. The van der Waals surface area contributed by atoms with Gasteiger partial charge in [0.15, 0.2) is 0 Å². The average molecular weight is 242 g/mol. The Kier molecular flexibility index (Phi) is 4.95. The van der Waals surface area contributed by atoms with Crippen molar-refractivity contribution in [3.63, 3.8) is 0 Å². The molecule has 0 aromatic carbocycles. The first-order valence-corrected chi connectivity index (χ1v) is 6.54. The van der Waals surface area contributed by atoms with Gasteiger partial charge < -0.3 is 10.4 Å². The van der Waals surface area contributed by atoms with Gasteiger partial charge in [-0.15, -0.1) is 0 Å². The van der Waals surface area contributed by atoms with Gasteiger partial charge in [0.25, 0.3) is 0 Å². The summed E-state index contributed by atoms with van der Waals surface area (Å²) in [6.07, 6.45) is 3.53. The lowest BCUT2D eigenvalue weighted by Crippen LogP contribution is -2.55. The lowest BCUT2D eigenvalue weighted by molar-refractivity contribution is -0.129. The second kappa shape index (κ2) is 5.83. The van der Waals surface area contributed by atoms with Crippen molar-refractivity contribution in [1.82, 2.24) is 10.2 Å². The van der Waals surface area contributed by atoms with Crippen molar-refractivity contribution >= 4 is 5.91 Å². The highest BCUT2D eigenvalue weighted by molar-refractivity contribution is 5.82. The smallest absolute Gasteiger partial charge is 0.237 e. The molecule has 0 bridgehead atoms. The van der Waals surface area contributed by atoms with Crippen LogP contribution in [0.3, 0.4) is 0 Å². The average Bonchev–Trinajstić information content (AvgIpc) is 2.10. The van der Waals surface area contributed by atoms with Crippen molar-refractivity contribution in [2.24, 2.45) is 0 Å². The maximum absolute atomic E-state index is 12.1. The van der Waals surface area contributed by atoms with E-state index < -0.39 is 0 Å². The van der Waals surface area contributed by atoms with Crippen molar-refractivity contribution in [2.45, 2.75) is 64.6 Å². The van der Waals surface area contributed by atoms with Crippen LogP contribution in [0, 0.1) is 0 Å². The Labute approximate surface area is 104 Å². The molecule has 0 aromatic heterocycles. The Balaban J connectivity index is 2.56. The maximum atomic E-state index is 12.1. The fourth-order valence-electron chi connectivity index (χ4n) is 2.15. The van der Waals surface area contributed by atoms with Gasteiger partial charge in [-0.2, -0.15) is 0 Å². The van der Waals surface area contributed by atoms with Crippen LogP contribution in [0.2, 0.25) is 0 Å². The molecule has 0 spiro atoms. The zero-order valence-electron chi connectivity index (χ0n) is 11.5. The molecule has 1 rings (SSSR count). The minimum atomic E-state index is -0.199. The van der Waals surface area contributed by atoms with Crippen LogP contribution in [0.4, 0.5) is 0 Å². The third-order valence-corrected chi connectivity index (χ3v) is 3.28. The lowest BCUT2D eigenvalue weighted by atomic mass is 9.90. The fourth-order valence-corrected chi connectivity index (χ4v) is 2.15. The Bertz CT molecular complexity index is 257. The van der Waals surface area contributed by atoms with Crippen molar-refractivity contribution in [2.75, 3.05) is 13.2 Å². The fraction of sp³-hybridized carbons (Fsp3) is 0.923. The predicted octanol–water partition coefficient (Wildman–Crippen LogP) is 1.14. The third kappa shape index (κ3) is 4.28. The molecule has 2 N–H and O–H groups in total. The SMILES string of the molecule is CC(C(=O)NC(C)(C)C)N(CCO)C1CCC1. The van der Waals surface area contributed by atoms with Crippen LogP contribution in [0.5, 0.6) is 0 Å².